The van der Waals surface area contributed by atoms with Crippen molar-refractivity contribution in [1.82, 2.24) is 24.7 Å². The molecule has 0 saturated carbocycles. The summed E-state index contributed by atoms with van der Waals surface area (Å²) in [7, 11) is 1.53. The average molecular weight is 501 g/mol. The third kappa shape index (κ3) is 5.18. The highest BCUT2D eigenvalue weighted by atomic mass is 19.4. The molecule has 0 aromatic carbocycles. The topological polar surface area (TPSA) is 117 Å². The van der Waals surface area contributed by atoms with E-state index in [1.807, 2.05) is 12.1 Å². The number of piperazine rings is 1. The minimum Gasteiger partial charge on any atom is -0.475 e. The highest BCUT2D eigenvalue weighted by molar-refractivity contribution is 6.04. The van der Waals surface area contributed by atoms with Gasteiger partial charge in [0.05, 0.1) is 11.2 Å². The van der Waals surface area contributed by atoms with Crippen LogP contribution in [0.2, 0.25) is 0 Å². The Bertz CT molecular complexity index is 1240. The Balaban J connectivity index is 0.000000364. The van der Waals surface area contributed by atoms with E-state index in [2.05, 4.69) is 25.7 Å². The number of aryl methyl sites for hydroxylation is 1. The number of fused-ring (bicyclic) bond motifs is 3. The molecule has 3 aromatic rings. The van der Waals surface area contributed by atoms with Crippen LogP contribution in [-0.4, -0.2) is 67.7 Å². The Labute approximate surface area is 194 Å². The first-order chi connectivity index (χ1) is 16.4. The molecule has 3 aliphatic heterocycles. The molecule has 35 heavy (non-hydrogen) atoms. The first kappa shape index (κ1) is 24.4. The lowest BCUT2D eigenvalue weighted by Crippen LogP contribution is -2.67. The Morgan fingerprint density at radius 1 is 1.14 bits per heavy atom. The summed E-state index contributed by atoms with van der Waals surface area (Å²) in [5.41, 5.74) is 0.580. The van der Waals surface area contributed by atoms with Crippen molar-refractivity contribution in [1.29, 1.82) is 0 Å². The standard InChI is InChI=1S/C18H19F2N7O.C2HF3O2/c1-25-9-13(16(24-25)17(19)20)22-18(28)14-4-2-12-3-5-15(23-27(12)14)26-7-10-6-11(8-26)21-10;3-2(4,5)1(6)7/h2-5,9-11,17,21H,6-8H2,1H3,(H,22,28);(H,6,7). The summed E-state index contributed by atoms with van der Waals surface area (Å²) >= 11 is 0. The van der Waals surface area contributed by atoms with Gasteiger partial charge in [0.1, 0.15) is 11.5 Å². The number of hydrogen-bond donors (Lipinski definition) is 3. The monoisotopic (exact) mass is 501 g/mol. The second-order valence-electron chi connectivity index (χ2n) is 8.11. The maximum absolute atomic E-state index is 13.1. The third-order valence-corrected chi connectivity index (χ3v) is 5.52. The van der Waals surface area contributed by atoms with Gasteiger partial charge in [-0.05, 0) is 30.7 Å². The number of halogens is 5. The lowest BCUT2D eigenvalue weighted by molar-refractivity contribution is -0.192. The van der Waals surface area contributed by atoms with Crippen LogP contribution < -0.4 is 15.5 Å². The fourth-order valence-corrected chi connectivity index (χ4v) is 3.97. The number of piperidine rings is 1. The number of carbonyl (C=O) groups is 2. The molecular weight excluding hydrogens is 481 g/mol. The first-order valence-corrected chi connectivity index (χ1v) is 10.4. The maximum atomic E-state index is 13.1. The fourth-order valence-electron chi connectivity index (χ4n) is 3.97. The normalized spacial score (nSPS) is 19.2. The Morgan fingerprint density at radius 2 is 1.74 bits per heavy atom. The molecule has 188 valence electrons. The first-order valence-electron chi connectivity index (χ1n) is 10.4. The van der Waals surface area contributed by atoms with Crippen molar-refractivity contribution >= 4 is 28.9 Å². The number of rotatable bonds is 4. The van der Waals surface area contributed by atoms with E-state index in [-0.39, 0.29) is 11.4 Å². The lowest BCUT2D eigenvalue weighted by Gasteiger charge is -2.48. The van der Waals surface area contributed by atoms with Crippen LogP contribution >= 0.6 is 0 Å². The van der Waals surface area contributed by atoms with Crippen molar-refractivity contribution in [2.75, 3.05) is 23.3 Å². The molecule has 15 heteroatoms. The minimum atomic E-state index is -5.08. The molecule has 1 amide bonds. The molecule has 0 aliphatic carbocycles. The molecule has 2 atom stereocenters. The molecule has 0 radical (unpaired) electrons. The number of aromatic nitrogens is 4. The summed E-state index contributed by atoms with van der Waals surface area (Å²) in [6.45, 7) is 1.76. The number of hydrogen-bond acceptors (Lipinski definition) is 6. The molecule has 10 nitrogen and oxygen atoms in total. The molecular formula is C20H20F5N7O3. The second kappa shape index (κ2) is 9.13. The summed E-state index contributed by atoms with van der Waals surface area (Å²) in [6.07, 6.45) is -5.31. The van der Waals surface area contributed by atoms with Crippen molar-refractivity contribution in [3.8, 4) is 0 Å². The summed E-state index contributed by atoms with van der Waals surface area (Å²) in [5.74, 6) is -2.47. The molecule has 3 aromatic heterocycles. The van der Waals surface area contributed by atoms with E-state index in [0.29, 0.717) is 12.1 Å². The van der Waals surface area contributed by atoms with Gasteiger partial charge >= 0.3 is 12.1 Å². The maximum Gasteiger partial charge on any atom is 0.490 e. The van der Waals surface area contributed by atoms with Gasteiger partial charge in [0, 0.05) is 38.4 Å². The van der Waals surface area contributed by atoms with Crippen LogP contribution in [0.25, 0.3) is 5.52 Å². The Hall–Kier alpha value is -3.75. The van der Waals surface area contributed by atoms with Gasteiger partial charge in [0.2, 0.25) is 0 Å². The van der Waals surface area contributed by atoms with Crippen molar-refractivity contribution in [2.45, 2.75) is 31.1 Å². The van der Waals surface area contributed by atoms with Crippen molar-refractivity contribution in [3.05, 3.63) is 41.9 Å². The number of nitrogens with zero attached hydrogens (tertiary/aromatic N) is 5. The number of carboxylic acids is 1. The molecule has 2 bridgehead atoms. The van der Waals surface area contributed by atoms with Gasteiger partial charge in [-0.25, -0.2) is 18.1 Å². The number of amides is 1. The predicted octanol–water partition coefficient (Wildman–Crippen LogP) is 2.44. The van der Waals surface area contributed by atoms with E-state index in [4.69, 9.17) is 9.90 Å². The van der Waals surface area contributed by atoms with E-state index in [0.717, 1.165) is 24.4 Å². The quantitative estimate of drug-likeness (QED) is 0.471. The van der Waals surface area contributed by atoms with Gasteiger partial charge in [-0.15, -0.1) is 5.10 Å². The zero-order valence-corrected chi connectivity index (χ0v) is 18.1. The molecule has 6 rings (SSSR count). The molecule has 3 aliphatic rings. The summed E-state index contributed by atoms with van der Waals surface area (Å²) in [4.78, 5) is 23.8. The van der Waals surface area contributed by atoms with Crippen LogP contribution in [0.5, 0.6) is 0 Å². The minimum absolute atomic E-state index is 0.00389. The lowest BCUT2D eigenvalue weighted by atomic mass is 9.91. The molecule has 0 spiro atoms. The van der Waals surface area contributed by atoms with Crippen LogP contribution in [0, 0.1) is 0 Å². The van der Waals surface area contributed by atoms with E-state index in [1.165, 1.54) is 24.3 Å². The van der Waals surface area contributed by atoms with Crippen LogP contribution in [0.1, 0.15) is 29.0 Å². The third-order valence-electron chi connectivity index (χ3n) is 5.52. The largest absolute Gasteiger partial charge is 0.490 e. The van der Waals surface area contributed by atoms with E-state index >= 15 is 0 Å². The second-order valence-corrected chi connectivity index (χ2v) is 8.11. The van der Waals surface area contributed by atoms with Gasteiger partial charge in [0.25, 0.3) is 12.3 Å². The zero-order valence-electron chi connectivity index (χ0n) is 18.1. The van der Waals surface area contributed by atoms with E-state index in [1.54, 1.807) is 16.6 Å². The Kier molecular flexibility index (Phi) is 6.36. The molecule has 3 fully saturated rings. The summed E-state index contributed by atoms with van der Waals surface area (Å²) < 4.78 is 60.8. The smallest absolute Gasteiger partial charge is 0.475 e. The van der Waals surface area contributed by atoms with Gasteiger partial charge in [0.15, 0.2) is 5.69 Å². The van der Waals surface area contributed by atoms with Crippen LogP contribution in [-0.2, 0) is 11.8 Å². The van der Waals surface area contributed by atoms with Gasteiger partial charge in [-0.3, -0.25) is 9.48 Å². The Morgan fingerprint density at radius 3 is 2.31 bits per heavy atom. The molecule has 6 heterocycles. The predicted molar refractivity (Wildman–Crippen MR) is 113 cm³/mol. The van der Waals surface area contributed by atoms with Crippen LogP contribution in [0.4, 0.5) is 33.5 Å². The van der Waals surface area contributed by atoms with Crippen LogP contribution in [0.3, 0.4) is 0 Å². The highest BCUT2D eigenvalue weighted by Gasteiger charge is 2.38. The van der Waals surface area contributed by atoms with Gasteiger partial charge < -0.3 is 20.6 Å². The van der Waals surface area contributed by atoms with Crippen molar-refractivity contribution < 1.29 is 36.6 Å². The van der Waals surface area contributed by atoms with Crippen molar-refractivity contribution in [3.63, 3.8) is 0 Å². The summed E-state index contributed by atoms with van der Waals surface area (Å²) in [5, 5.41) is 21.5. The number of carboxylic acid groups (broad SMARTS) is 1. The van der Waals surface area contributed by atoms with Gasteiger partial charge in [-0.2, -0.15) is 18.3 Å². The highest BCUT2D eigenvalue weighted by Crippen LogP contribution is 2.27. The van der Waals surface area contributed by atoms with E-state index in [9.17, 15) is 26.7 Å². The van der Waals surface area contributed by atoms with Crippen LogP contribution in [0.15, 0.2) is 30.5 Å². The number of aliphatic carboxylic acids is 1. The van der Waals surface area contributed by atoms with E-state index < -0.39 is 30.2 Å². The zero-order chi connectivity index (χ0) is 25.5. The SMILES string of the molecule is Cn1cc(NC(=O)c2ccc3ccc(N4CC5CC(C4)N5)nn23)c(C(F)F)n1.O=C(O)C(F)(F)F. The average Bonchev–Trinajstić information content (AvgIpc) is 3.36. The molecule has 3 saturated heterocycles. The number of anilines is 2. The molecule has 2 unspecified atom stereocenters. The molecule has 3 N–H and O–H groups in total. The summed E-state index contributed by atoms with van der Waals surface area (Å²) in [6, 6.07) is 8.23. The number of carbonyl (C=O) groups excluding carboxylic acids is 1. The fraction of sp³-hybridized carbons (Fsp3) is 0.400. The number of nitrogens with one attached hydrogen (secondary N) is 2. The number of alkyl halides is 5. The van der Waals surface area contributed by atoms with Gasteiger partial charge in [-0.1, -0.05) is 0 Å². The van der Waals surface area contributed by atoms with Crippen molar-refractivity contribution in [2.24, 2.45) is 7.05 Å².